The predicted octanol–water partition coefficient (Wildman–Crippen LogP) is 3.94. The van der Waals surface area contributed by atoms with E-state index in [4.69, 9.17) is 9.47 Å². The molecule has 10 heteroatoms. The predicted molar refractivity (Wildman–Crippen MR) is 104 cm³/mol. The molecule has 0 bridgehead atoms. The van der Waals surface area contributed by atoms with E-state index in [0.29, 0.717) is 24.7 Å². The number of rotatable bonds is 4. The molecule has 1 aliphatic rings. The minimum Gasteiger partial charge on any atom is -0.490 e. The van der Waals surface area contributed by atoms with Crippen LogP contribution in [-0.4, -0.2) is 34.1 Å². The molecule has 31 heavy (non-hydrogen) atoms. The van der Waals surface area contributed by atoms with Gasteiger partial charge in [0.25, 0.3) is 5.91 Å². The molecule has 0 spiro atoms. The van der Waals surface area contributed by atoms with Gasteiger partial charge in [0, 0.05) is 6.42 Å². The number of hydrogen-bond acceptors (Lipinski definition) is 5. The fourth-order valence-corrected chi connectivity index (χ4v) is 3.20. The fourth-order valence-electron chi connectivity index (χ4n) is 3.20. The standard InChI is InChI=1S/C21H19F3N4O3/c1-13(14-7-8-18-19(11-14)31-10-4-9-30-18)25-20(29)16-12-28(27-26-16)17-6-3-2-5-15(17)21(22,23)24/h2-3,5-8,11-13H,4,9-10H2,1H3,(H,25,29)/t13-/m0/s1. The molecule has 0 unspecified atom stereocenters. The van der Waals surface area contributed by atoms with Crippen molar-refractivity contribution in [1.82, 2.24) is 20.3 Å². The lowest BCUT2D eigenvalue weighted by Gasteiger charge is -2.15. The number of nitrogens with zero attached hydrogens (tertiary/aromatic N) is 3. The first-order valence-corrected chi connectivity index (χ1v) is 9.62. The minimum atomic E-state index is -4.56. The molecule has 2 aromatic carbocycles. The van der Waals surface area contributed by atoms with Gasteiger partial charge in [-0.2, -0.15) is 13.2 Å². The molecule has 1 aliphatic heterocycles. The number of fused-ring (bicyclic) bond motifs is 1. The lowest BCUT2D eigenvalue weighted by Crippen LogP contribution is -2.27. The zero-order valence-corrected chi connectivity index (χ0v) is 16.5. The Labute approximate surface area is 175 Å². The number of halogens is 3. The number of para-hydroxylation sites is 1. The summed E-state index contributed by atoms with van der Waals surface area (Å²) in [5.74, 6) is 0.687. The first-order valence-electron chi connectivity index (χ1n) is 9.62. The maximum Gasteiger partial charge on any atom is 0.418 e. The monoisotopic (exact) mass is 432 g/mol. The van der Waals surface area contributed by atoms with Gasteiger partial charge in [-0.05, 0) is 36.8 Å². The van der Waals surface area contributed by atoms with Gasteiger partial charge in [-0.1, -0.05) is 23.4 Å². The van der Waals surface area contributed by atoms with Crippen LogP contribution >= 0.6 is 0 Å². The molecule has 162 valence electrons. The van der Waals surface area contributed by atoms with E-state index in [2.05, 4.69) is 15.6 Å². The largest absolute Gasteiger partial charge is 0.490 e. The second-order valence-electron chi connectivity index (χ2n) is 7.02. The van der Waals surface area contributed by atoms with E-state index in [1.54, 1.807) is 19.1 Å². The highest BCUT2D eigenvalue weighted by Gasteiger charge is 2.34. The Morgan fingerprint density at radius 3 is 2.65 bits per heavy atom. The van der Waals surface area contributed by atoms with Crippen molar-refractivity contribution in [2.24, 2.45) is 0 Å². The van der Waals surface area contributed by atoms with Gasteiger partial charge in [0.1, 0.15) is 0 Å². The van der Waals surface area contributed by atoms with Gasteiger partial charge in [-0.15, -0.1) is 5.10 Å². The van der Waals surface area contributed by atoms with Gasteiger partial charge >= 0.3 is 6.18 Å². The second kappa shape index (κ2) is 8.29. The molecule has 0 aliphatic carbocycles. The Hall–Kier alpha value is -3.56. The summed E-state index contributed by atoms with van der Waals surface area (Å²) >= 11 is 0. The number of amides is 1. The molecule has 3 aromatic rings. The van der Waals surface area contributed by atoms with Crippen LogP contribution in [0.1, 0.15) is 41.0 Å². The maximum atomic E-state index is 13.2. The highest BCUT2D eigenvalue weighted by Crippen LogP contribution is 2.34. The topological polar surface area (TPSA) is 78.3 Å². The van der Waals surface area contributed by atoms with Gasteiger partial charge in [0.05, 0.1) is 36.7 Å². The van der Waals surface area contributed by atoms with Crippen LogP contribution in [0.15, 0.2) is 48.7 Å². The summed E-state index contributed by atoms with van der Waals surface area (Å²) in [6, 6.07) is 9.94. The number of alkyl halides is 3. The van der Waals surface area contributed by atoms with E-state index >= 15 is 0 Å². The van der Waals surface area contributed by atoms with Gasteiger partial charge in [0.2, 0.25) is 0 Å². The summed E-state index contributed by atoms with van der Waals surface area (Å²) in [6.45, 7) is 2.89. The molecule has 0 saturated carbocycles. The number of nitrogens with one attached hydrogen (secondary N) is 1. The van der Waals surface area contributed by atoms with Crippen LogP contribution in [0, 0.1) is 0 Å². The van der Waals surface area contributed by atoms with E-state index in [-0.39, 0.29) is 11.4 Å². The molecule has 0 radical (unpaired) electrons. The Morgan fingerprint density at radius 2 is 1.87 bits per heavy atom. The fraction of sp³-hybridized carbons (Fsp3) is 0.286. The molecular formula is C21H19F3N4O3. The molecular weight excluding hydrogens is 413 g/mol. The minimum absolute atomic E-state index is 0.0989. The van der Waals surface area contributed by atoms with Gasteiger partial charge in [-0.25, -0.2) is 4.68 Å². The summed E-state index contributed by atoms with van der Waals surface area (Å²) in [4.78, 5) is 12.6. The molecule has 2 heterocycles. The summed E-state index contributed by atoms with van der Waals surface area (Å²) < 4.78 is 51.9. The Bertz CT molecular complexity index is 1100. The molecule has 1 N–H and O–H groups in total. The average molecular weight is 432 g/mol. The highest BCUT2D eigenvalue weighted by molar-refractivity contribution is 5.92. The SMILES string of the molecule is C[C@H](NC(=O)c1cn(-c2ccccc2C(F)(F)F)nn1)c1ccc2c(c1)OCCCO2. The summed E-state index contributed by atoms with van der Waals surface area (Å²) in [5, 5.41) is 10.2. The summed E-state index contributed by atoms with van der Waals surface area (Å²) in [6.07, 6.45) is -2.61. The average Bonchev–Trinajstić information content (AvgIpc) is 3.12. The van der Waals surface area contributed by atoms with Crippen molar-refractivity contribution >= 4 is 5.91 Å². The molecule has 1 aromatic heterocycles. The maximum absolute atomic E-state index is 13.2. The molecule has 0 saturated heterocycles. The first-order chi connectivity index (χ1) is 14.8. The normalized spacial score (nSPS) is 14.6. The number of ether oxygens (including phenoxy) is 2. The zero-order valence-electron chi connectivity index (χ0n) is 16.5. The van der Waals surface area contributed by atoms with Crippen LogP contribution in [0.4, 0.5) is 13.2 Å². The van der Waals surface area contributed by atoms with Crippen molar-refractivity contribution in [3.8, 4) is 17.2 Å². The molecule has 1 atom stereocenters. The van der Waals surface area contributed by atoms with Gasteiger partial charge in [-0.3, -0.25) is 4.79 Å². The lowest BCUT2D eigenvalue weighted by molar-refractivity contribution is -0.137. The lowest BCUT2D eigenvalue weighted by atomic mass is 10.1. The van der Waals surface area contributed by atoms with Crippen LogP contribution < -0.4 is 14.8 Å². The summed E-state index contributed by atoms with van der Waals surface area (Å²) in [5.41, 5.74) is -0.393. The quantitative estimate of drug-likeness (QED) is 0.676. The van der Waals surface area contributed by atoms with Crippen LogP contribution in [-0.2, 0) is 6.18 Å². The molecule has 7 nitrogen and oxygen atoms in total. The third-order valence-corrected chi connectivity index (χ3v) is 4.80. The number of carbonyl (C=O) groups excluding carboxylic acids is 1. The van der Waals surface area contributed by atoms with Crippen LogP contribution in [0.3, 0.4) is 0 Å². The number of hydrogen-bond donors (Lipinski definition) is 1. The van der Waals surface area contributed by atoms with Crippen molar-refractivity contribution in [3.63, 3.8) is 0 Å². The van der Waals surface area contributed by atoms with E-state index in [1.165, 1.54) is 24.4 Å². The number of benzene rings is 2. The number of carbonyl (C=O) groups is 1. The van der Waals surface area contributed by atoms with Crippen molar-refractivity contribution < 1.29 is 27.4 Å². The van der Waals surface area contributed by atoms with Crippen LogP contribution in [0.5, 0.6) is 11.5 Å². The van der Waals surface area contributed by atoms with E-state index < -0.39 is 23.7 Å². The van der Waals surface area contributed by atoms with Crippen molar-refractivity contribution in [2.45, 2.75) is 25.6 Å². The van der Waals surface area contributed by atoms with Crippen LogP contribution in [0.25, 0.3) is 5.69 Å². The summed E-state index contributed by atoms with van der Waals surface area (Å²) in [7, 11) is 0. The van der Waals surface area contributed by atoms with E-state index in [9.17, 15) is 18.0 Å². The Balaban J connectivity index is 1.51. The van der Waals surface area contributed by atoms with Crippen molar-refractivity contribution in [1.29, 1.82) is 0 Å². The van der Waals surface area contributed by atoms with Crippen molar-refractivity contribution in [2.75, 3.05) is 13.2 Å². The second-order valence-corrected chi connectivity index (χ2v) is 7.02. The first kappa shape index (κ1) is 20.7. The molecule has 0 fully saturated rings. The van der Waals surface area contributed by atoms with E-state index in [1.807, 2.05) is 6.07 Å². The smallest absolute Gasteiger partial charge is 0.418 e. The van der Waals surface area contributed by atoms with Crippen LogP contribution in [0.2, 0.25) is 0 Å². The third-order valence-electron chi connectivity index (χ3n) is 4.80. The molecule has 4 rings (SSSR count). The highest BCUT2D eigenvalue weighted by atomic mass is 19.4. The van der Waals surface area contributed by atoms with Gasteiger partial charge in [0.15, 0.2) is 17.2 Å². The Kier molecular flexibility index (Phi) is 5.53. The number of aromatic nitrogens is 3. The van der Waals surface area contributed by atoms with Crippen molar-refractivity contribution in [3.05, 3.63) is 65.5 Å². The van der Waals surface area contributed by atoms with E-state index in [0.717, 1.165) is 22.7 Å². The van der Waals surface area contributed by atoms with Gasteiger partial charge < -0.3 is 14.8 Å². The molecule has 1 amide bonds. The Morgan fingerprint density at radius 1 is 1.13 bits per heavy atom. The zero-order chi connectivity index (χ0) is 22.0. The third kappa shape index (κ3) is 4.47.